The minimum Gasteiger partial charge on any atom is -0.492 e. The highest BCUT2D eigenvalue weighted by molar-refractivity contribution is 7.20. The van der Waals surface area contributed by atoms with Gasteiger partial charge in [0.15, 0.2) is 0 Å². The van der Waals surface area contributed by atoms with Gasteiger partial charge in [-0.3, -0.25) is 14.4 Å². The summed E-state index contributed by atoms with van der Waals surface area (Å²) in [4.78, 5) is 44.6. The van der Waals surface area contributed by atoms with Crippen LogP contribution in [0.3, 0.4) is 0 Å². The summed E-state index contributed by atoms with van der Waals surface area (Å²) in [5.41, 5.74) is 2.74. The van der Waals surface area contributed by atoms with Crippen molar-refractivity contribution in [2.24, 2.45) is 5.92 Å². The van der Waals surface area contributed by atoms with Crippen molar-refractivity contribution in [3.8, 4) is 5.75 Å². The Kier molecular flexibility index (Phi) is 8.47. The van der Waals surface area contributed by atoms with E-state index in [0.717, 1.165) is 32.7 Å². The van der Waals surface area contributed by atoms with Crippen LogP contribution in [0.2, 0.25) is 0 Å². The first kappa shape index (κ1) is 28.9. The maximum atomic E-state index is 13.5. The van der Waals surface area contributed by atoms with Crippen molar-refractivity contribution in [1.82, 2.24) is 20.3 Å². The lowest BCUT2D eigenvalue weighted by molar-refractivity contribution is -0.130. The van der Waals surface area contributed by atoms with E-state index in [1.54, 1.807) is 0 Å². The van der Waals surface area contributed by atoms with Gasteiger partial charge in [0.25, 0.3) is 5.91 Å². The standard InChI is InChI=1S/C33H36N4O5S/c1-21-26(22(2)42-35-21)11-12-31(38)37-19-27-23-8-5-9-25(17-23)41-16-15-36(14-6-13-34-32(39)28(27)20-37)33(40)30-18-24-7-3-4-10-29(24)43-30/h3-5,7-10,17-18,27-28H,6,11-16,19-20H2,1-2H3,(H,34,39)/t27-,28+/m1/s1. The molecule has 43 heavy (non-hydrogen) atoms. The number of carbonyl (C=O) groups excluding carboxylic acids is 3. The van der Waals surface area contributed by atoms with Crippen molar-refractivity contribution in [2.75, 3.05) is 39.3 Å². The molecule has 2 aliphatic heterocycles. The third kappa shape index (κ3) is 6.29. The maximum absolute atomic E-state index is 13.5. The molecule has 1 fully saturated rings. The van der Waals surface area contributed by atoms with E-state index in [2.05, 4.69) is 10.5 Å². The molecule has 4 aromatic rings. The molecule has 224 valence electrons. The van der Waals surface area contributed by atoms with Crippen LogP contribution >= 0.6 is 11.3 Å². The quantitative estimate of drug-likeness (QED) is 0.364. The first-order valence-corrected chi connectivity index (χ1v) is 15.7. The highest BCUT2D eigenvalue weighted by atomic mass is 32.1. The molecule has 2 aliphatic rings. The Morgan fingerprint density at radius 2 is 1.86 bits per heavy atom. The number of nitrogens with zero attached hydrogens (tertiary/aromatic N) is 3. The van der Waals surface area contributed by atoms with Crippen LogP contribution in [-0.2, 0) is 16.0 Å². The van der Waals surface area contributed by atoms with Gasteiger partial charge in [-0.25, -0.2) is 0 Å². The summed E-state index contributed by atoms with van der Waals surface area (Å²) in [6, 6.07) is 17.7. The highest BCUT2D eigenvalue weighted by Gasteiger charge is 2.40. The Morgan fingerprint density at radius 3 is 2.67 bits per heavy atom. The molecule has 0 radical (unpaired) electrons. The van der Waals surface area contributed by atoms with E-state index in [-0.39, 0.29) is 29.6 Å². The Bertz CT molecular complexity index is 1590. The van der Waals surface area contributed by atoms with E-state index >= 15 is 0 Å². The zero-order chi connectivity index (χ0) is 29.9. The van der Waals surface area contributed by atoms with Gasteiger partial charge in [-0.1, -0.05) is 35.5 Å². The molecule has 0 aliphatic carbocycles. The number of ether oxygens (including phenoxy) is 1. The average Bonchev–Trinajstić information content (AvgIpc) is 3.73. The Morgan fingerprint density at radius 1 is 1.02 bits per heavy atom. The molecular weight excluding hydrogens is 564 g/mol. The molecule has 2 aromatic heterocycles. The highest BCUT2D eigenvalue weighted by Crippen LogP contribution is 2.35. The molecule has 1 saturated heterocycles. The molecule has 1 N–H and O–H groups in total. The maximum Gasteiger partial charge on any atom is 0.264 e. The first-order valence-electron chi connectivity index (χ1n) is 14.8. The lowest BCUT2D eigenvalue weighted by atomic mass is 9.88. The molecule has 4 heterocycles. The molecule has 3 amide bonds. The second kappa shape index (κ2) is 12.6. The molecule has 0 spiro atoms. The van der Waals surface area contributed by atoms with Gasteiger partial charge in [-0.15, -0.1) is 11.3 Å². The van der Waals surface area contributed by atoms with E-state index < -0.39 is 0 Å². The summed E-state index contributed by atoms with van der Waals surface area (Å²) in [7, 11) is 0. The van der Waals surface area contributed by atoms with Crippen molar-refractivity contribution >= 4 is 39.1 Å². The van der Waals surface area contributed by atoms with Gasteiger partial charge >= 0.3 is 0 Å². The van der Waals surface area contributed by atoms with Crippen LogP contribution in [0.25, 0.3) is 10.1 Å². The predicted molar refractivity (Wildman–Crippen MR) is 164 cm³/mol. The number of benzene rings is 2. The molecular formula is C33H36N4O5S. The number of rotatable bonds is 4. The summed E-state index contributed by atoms with van der Waals surface area (Å²) in [6.07, 6.45) is 1.50. The number of hydrogen-bond donors (Lipinski definition) is 1. The molecule has 2 aromatic carbocycles. The summed E-state index contributed by atoms with van der Waals surface area (Å²) in [6.45, 7) is 6.30. The van der Waals surface area contributed by atoms with E-state index in [9.17, 15) is 14.4 Å². The van der Waals surface area contributed by atoms with Crippen LogP contribution in [0.5, 0.6) is 5.75 Å². The Balaban J connectivity index is 1.16. The van der Waals surface area contributed by atoms with Crippen LogP contribution in [0, 0.1) is 19.8 Å². The van der Waals surface area contributed by atoms with Gasteiger partial charge in [0.05, 0.1) is 23.0 Å². The molecule has 2 bridgehead atoms. The number of aryl methyl sites for hydroxylation is 2. The van der Waals surface area contributed by atoms with Gasteiger partial charge in [0, 0.05) is 48.8 Å². The van der Waals surface area contributed by atoms with E-state index in [1.165, 1.54) is 11.3 Å². The van der Waals surface area contributed by atoms with Crippen LogP contribution in [0.1, 0.15) is 51.0 Å². The van der Waals surface area contributed by atoms with Crippen molar-refractivity contribution in [3.63, 3.8) is 0 Å². The molecule has 2 atom stereocenters. The molecule has 0 unspecified atom stereocenters. The van der Waals surface area contributed by atoms with Crippen molar-refractivity contribution in [1.29, 1.82) is 0 Å². The zero-order valence-electron chi connectivity index (χ0n) is 24.5. The molecule has 9 nitrogen and oxygen atoms in total. The van der Waals surface area contributed by atoms with Gasteiger partial charge in [0.2, 0.25) is 11.8 Å². The molecule has 0 saturated carbocycles. The molecule has 10 heteroatoms. The number of thiophene rings is 1. The second-order valence-corrected chi connectivity index (χ2v) is 12.4. The second-order valence-electron chi connectivity index (χ2n) is 11.3. The van der Waals surface area contributed by atoms with Crippen LogP contribution < -0.4 is 10.1 Å². The summed E-state index contributed by atoms with van der Waals surface area (Å²) in [5.74, 6) is 0.820. The number of fused-ring (bicyclic) bond motifs is 5. The minimum absolute atomic E-state index is 0.0148. The fourth-order valence-corrected chi connectivity index (χ4v) is 7.17. The van der Waals surface area contributed by atoms with Crippen molar-refractivity contribution < 1.29 is 23.6 Å². The van der Waals surface area contributed by atoms with Gasteiger partial charge < -0.3 is 24.4 Å². The predicted octanol–water partition coefficient (Wildman–Crippen LogP) is 4.72. The lowest BCUT2D eigenvalue weighted by Gasteiger charge is -2.24. The third-order valence-electron chi connectivity index (χ3n) is 8.52. The lowest BCUT2D eigenvalue weighted by Crippen LogP contribution is -2.39. The Hall–Kier alpha value is -4.18. The minimum atomic E-state index is -0.377. The topological polar surface area (TPSA) is 105 Å². The zero-order valence-corrected chi connectivity index (χ0v) is 25.3. The third-order valence-corrected chi connectivity index (χ3v) is 9.63. The SMILES string of the molecule is Cc1noc(C)c1CCC(=O)N1C[C@@H]2C(=O)NCCCN(C(=O)c3cc4ccccc4s3)CCOc3cccc(c3)[C@H]2C1. The van der Waals surface area contributed by atoms with Gasteiger partial charge in [0.1, 0.15) is 18.1 Å². The van der Waals surface area contributed by atoms with Crippen molar-refractivity contribution in [3.05, 3.63) is 82.1 Å². The monoisotopic (exact) mass is 600 g/mol. The largest absolute Gasteiger partial charge is 0.492 e. The number of likely N-dealkylation sites (tertiary alicyclic amines) is 1. The van der Waals surface area contributed by atoms with Crippen LogP contribution in [-0.4, -0.2) is 72.0 Å². The van der Waals surface area contributed by atoms with E-state index in [1.807, 2.05) is 78.2 Å². The van der Waals surface area contributed by atoms with Crippen LogP contribution in [0.15, 0.2) is 59.1 Å². The van der Waals surface area contributed by atoms with Gasteiger partial charge in [-0.05, 0) is 61.9 Å². The number of carbonyl (C=O) groups is 3. The first-order chi connectivity index (χ1) is 20.9. The number of amides is 3. The number of nitrogens with one attached hydrogen (secondary N) is 1. The number of hydrogen-bond acceptors (Lipinski definition) is 7. The van der Waals surface area contributed by atoms with Crippen molar-refractivity contribution in [2.45, 2.75) is 39.0 Å². The summed E-state index contributed by atoms with van der Waals surface area (Å²) < 4.78 is 12.5. The normalized spacial score (nSPS) is 19.4. The molecule has 6 rings (SSSR count). The fourth-order valence-electron chi connectivity index (χ4n) is 6.14. The average molecular weight is 601 g/mol. The number of aromatic nitrogens is 1. The Labute approximate surface area is 254 Å². The fraction of sp³-hybridized carbons (Fsp3) is 0.394. The smallest absolute Gasteiger partial charge is 0.264 e. The van der Waals surface area contributed by atoms with Crippen LogP contribution in [0.4, 0.5) is 0 Å². The van der Waals surface area contributed by atoms with E-state index in [0.29, 0.717) is 69.2 Å². The summed E-state index contributed by atoms with van der Waals surface area (Å²) in [5, 5.41) is 8.15. The van der Waals surface area contributed by atoms with Gasteiger partial charge in [-0.2, -0.15) is 0 Å². The summed E-state index contributed by atoms with van der Waals surface area (Å²) >= 11 is 1.49. The van der Waals surface area contributed by atoms with E-state index in [4.69, 9.17) is 9.26 Å².